The Labute approximate surface area is 233 Å². The minimum atomic E-state index is -4.38. The maximum absolute atomic E-state index is 11.8. The van der Waals surface area contributed by atoms with Crippen molar-refractivity contribution in [2.24, 2.45) is 17.8 Å². The lowest BCUT2D eigenvalue weighted by atomic mass is 9.75. The molecule has 0 fully saturated rings. The molecule has 0 saturated heterocycles. The van der Waals surface area contributed by atoms with Crippen LogP contribution in [0.25, 0.3) is 0 Å². The number of nitrogens with one attached hydrogen (secondary N) is 2. The van der Waals surface area contributed by atoms with Crippen LogP contribution < -0.4 is 15.5 Å². The molecule has 0 heterocycles. The van der Waals surface area contributed by atoms with Gasteiger partial charge >= 0.3 is 13.3 Å². The molecule has 4 N–H and O–H groups in total. The van der Waals surface area contributed by atoms with Gasteiger partial charge in [0.2, 0.25) is 11.8 Å². The molecule has 1 aromatic rings. The van der Waals surface area contributed by atoms with Crippen molar-refractivity contribution in [3.05, 3.63) is 29.8 Å². The molecule has 1 rings (SSSR count). The molecule has 39 heavy (non-hydrogen) atoms. The highest BCUT2D eigenvalue weighted by Crippen LogP contribution is 2.16. The number of aryl methyl sites for hydroxylation is 1. The molecule has 0 radical (unpaired) electrons. The Morgan fingerprint density at radius 2 is 1.62 bits per heavy atom. The summed E-state index contributed by atoms with van der Waals surface area (Å²) in [6, 6.07) is 9.58. The molecule has 0 aliphatic heterocycles. The van der Waals surface area contributed by atoms with E-state index >= 15 is 0 Å². The van der Waals surface area contributed by atoms with Crippen LogP contribution in [0.4, 0.5) is 18.9 Å². The van der Waals surface area contributed by atoms with E-state index in [2.05, 4.69) is 26.1 Å². The number of hydrogen-bond donors (Lipinski definition) is 4. The van der Waals surface area contributed by atoms with E-state index in [4.69, 9.17) is 15.3 Å². The Morgan fingerprint density at radius 1 is 1.10 bits per heavy atom. The fourth-order valence-corrected chi connectivity index (χ4v) is 2.65. The average Bonchev–Trinajstić information content (AvgIpc) is 2.82. The summed E-state index contributed by atoms with van der Waals surface area (Å²) in [5, 5.41) is 30.9. The summed E-state index contributed by atoms with van der Waals surface area (Å²) < 4.78 is 35.4. The van der Waals surface area contributed by atoms with Crippen LogP contribution >= 0.6 is 0 Å². The fourth-order valence-electron chi connectivity index (χ4n) is 2.65. The predicted molar refractivity (Wildman–Crippen MR) is 152 cm³/mol. The van der Waals surface area contributed by atoms with Crippen LogP contribution in [-0.4, -0.2) is 61.2 Å². The number of carbonyl (C=O) groups is 2. The summed E-state index contributed by atoms with van der Waals surface area (Å²) in [5.74, 6) is -1.43. The summed E-state index contributed by atoms with van der Waals surface area (Å²) in [5.41, 5.74) is 1.92. The molecule has 224 valence electrons. The van der Waals surface area contributed by atoms with Gasteiger partial charge < -0.3 is 25.6 Å². The Morgan fingerprint density at radius 3 is 2.00 bits per heavy atom. The topological polar surface area (TPSA) is 126 Å². The monoisotopic (exact) mass is 560 g/mol. The van der Waals surface area contributed by atoms with E-state index in [0.717, 1.165) is 17.2 Å². The lowest BCUT2D eigenvalue weighted by Gasteiger charge is -2.19. The summed E-state index contributed by atoms with van der Waals surface area (Å²) in [6.45, 7) is 15.9. The van der Waals surface area contributed by atoms with Gasteiger partial charge in [-0.3, -0.25) is 9.59 Å². The van der Waals surface area contributed by atoms with Gasteiger partial charge in [-0.25, -0.2) is 0 Å². The number of hydrogen-bond acceptors (Lipinski definition) is 6. The zero-order valence-corrected chi connectivity index (χ0v) is 25.1. The molecule has 0 bridgehead atoms. The minimum absolute atomic E-state index is 0.111. The average molecular weight is 561 g/mol. The van der Waals surface area contributed by atoms with Crippen LogP contribution in [-0.2, 0) is 9.59 Å². The van der Waals surface area contributed by atoms with Crippen molar-refractivity contribution >= 4 is 24.6 Å². The van der Waals surface area contributed by atoms with Crippen molar-refractivity contribution in [1.82, 2.24) is 10.6 Å². The number of carbonyl (C=O) groups excluding carboxylic acids is 2. The number of amides is 2. The van der Waals surface area contributed by atoms with Crippen molar-refractivity contribution in [2.75, 3.05) is 25.0 Å². The number of anilines is 1. The predicted octanol–water partition coefficient (Wildman–Crippen LogP) is 4.49. The molecule has 0 aliphatic carbocycles. The lowest BCUT2D eigenvalue weighted by molar-refractivity contribution is -0.128. The molecule has 8 nitrogen and oxygen atoms in total. The molecule has 1 aromatic carbocycles. The van der Waals surface area contributed by atoms with Crippen LogP contribution in [0.15, 0.2) is 24.3 Å². The number of nitrogens with zero attached hydrogens (tertiary/aromatic N) is 2. The van der Waals surface area contributed by atoms with Crippen LogP contribution in [0.2, 0.25) is 0 Å². The van der Waals surface area contributed by atoms with E-state index in [1.165, 1.54) is 4.90 Å². The highest BCUT2D eigenvalue weighted by molar-refractivity contribution is 6.43. The van der Waals surface area contributed by atoms with E-state index in [9.17, 15) is 22.8 Å². The SMILES string of the molecule is CC.CC(C)C.CC(C)CC(NC(=O)CNCC(F)(F)F)B(O)O.Cc1cccc(N(C)C(=O)C(C)C#N)c1. The van der Waals surface area contributed by atoms with Gasteiger partial charge in [0.05, 0.1) is 25.1 Å². The van der Waals surface area contributed by atoms with Crippen molar-refractivity contribution in [3.63, 3.8) is 0 Å². The third-order valence-corrected chi connectivity index (χ3v) is 4.33. The van der Waals surface area contributed by atoms with Crippen LogP contribution in [0.5, 0.6) is 0 Å². The molecule has 0 aromatic heterocycles. The summed E-state index contributed by atoms with van der Waals surface area (Å²) >= 11 is 0. The van der Waals surface area contributed by atoms with Gasteiger partial charge in [0.1, 0.15) is 5.92 Å². The highest BCUT2D eigenvalue weighted by atomic mass is 19.4. The van der Waals surface area contributed by atoms with Gasteiger partial charge in [-0.15, -0.1) is 0 Å². The Balaban J connectivity index is -0.000000557. The first-order chi connectivity index (χ1) is 17.9. The first-order valence-electron chi connectivity index (χ1n) is 13.1. The standard InChI is InChI=1S/C12H14N2O.C9H18BF3N2O3.C4H10.C2H6/c1-9-5-4-6-11(7-9)14(3)12(15)10(2)8-13;1-6(2)3-7(10(17)18)15-8(16)4-14-5-9(11,12)13;1-4(2)3;1-2/h4-7,10H,1-3H3;6-7,14,17-18H,3-5H2,1-2H3,(H,15,16);4H,1-3H3;1-2H3. The molecular formula is C27H48BF3N4O4. The van der Waals surface area contributed by atoms with Crippen LogP contribution in [0.1, 0.15) is 67.4 Å². The molecule has 0 spiro atoms. The smallest absolute Gasteiger partial charge is 0.426 e. The van der Waals surface area contributed by atoms with Gasteiger partial charge in [0.15, 0.2) is 0 Å². The Bertz CT molecular complexity index is 844. The third-order valence-electron chi connectivity index (χ3n) is 4.33. The molecule has 12 heteroatoms. The summed E-state index contributed by atoms with van der Waals surface area (Å²) in [6.07, 6.45) is -4.06. The lowest BCUT2D eigenvalue weighted by Crippen LogP contribution is -2.50. The van der Waals surface area contributed by atoms with Crippen LogP contribution in [0.3, 0.4) is 0 Å². The molecule has 0 saturated carbocycles. The van der Waals surface area contributed by atoms with Gasteiger partial charge in [-0.2, -0.15) is 18.4 Å². The quantitative estimate of drug-likeness (QED) is 0.330. The fraction of sp³-hybridized carbons (Fsp3) is 0.667. The van der Waals surface area contributed by atoms with Crippen molar-refractivity contribution in [3.8, 4) is 6.07 Å². The van der Waals surface area contributed by atoms with Gasteiger partial charge in [0, 0.05) is 12.7 Å². The van der Waals surface area contributed by atoms with Gasteiger partial charge in [0.25, 0.3) is 0 Å². The second-order valence-electron chi connectivity index (χ2n) is 9.75. The third kappa shape index (κ3) is 24.2. The first kappa shape index (κ1) is 40.9. The van der Waals surface area contributed by atoms with E-state index < -0.39 is 44.2 Å². The maximum atomic E-state index is 11.8. The minimum Gasteiger partial charge on any atom is -0.426 e. The second-order valence-corrected chi connectivity index (χ2v) is 9.75. The first-order valence-corrected chi connectivity index (χ1v) is 13.1. The summed E-state index contributed by atoms with van der Waals surface area (Å²) in [4.78, 5) is 24.5. The molecular weight excluding hydrogens is 512 g/mol. The molecule has 2 atom stereocenters. The zero-order valence-electron chi connectivity index (χ0n) is 25.1. The van der Waals surface area contributed by atoms with Crippen molar-refractivity contribution in [2.45, 2.75) is 80.9 Å². The van der Waals surface area contributed by atoms with E-state index in [1.54, 1.807) is 14.0 Å². The van der Waals surface area contributed by atoms with Crippen LogP contribution in [0, 0.1) is 36.0 Å². The van der Waals surface area contributed by atoms with E-state index in [0.29, 0.717) is 6.42 Å². The van der Waals surface area contributed by atoms with E-state index in [-0.39, 0.29) is 11.8 Å². The maximum Gasteiger partial charge on any atom is 0.475 e. The highest BCUT2D eigenvalue weighted by Gasteiger charge is 2.28. The largest absolute Gasteiger partial charge is 0.475 e. The number of alkyl halides is 3. The van der Waals surface area contributed by atoms with Gasteiger partial charge in [-0.1, -0.05) is 60.6 Å². The van der Waals surface area contributed by atoms with E-state index in [1.807, 2.05) is 70.3 Å². The molecule has 0 aliphatic rings. The molecule has 2 unspecified atom stereocenters. The normalized spacial score (nSPS) is 11.8. The summed E-state index contributed by atoms with van der Waals surface area (Å²) in [7, 11) is -0.0516. The number of rotatable bonds is 9. The Hall–Kier alpha value is -2.62. The number of benzene rings is 1. The Kier molecular flexibility index (Phi) is 23.3. The number of halogens is 3. The number of nitriles is 1. The second kappa shape index (κ2) is 22.2. The van der Waals surface area contributed by atoms with Crippen molar-refractivity contribution in [1.29, 1.82) is 5.26 Å². The zero-order chi connectivity index (χ0) is 31.3. The van der Waals surface area contributed by atoms with Gasteiger partial charge in [-0.05, 0) is 49.8 Å². The van der Waals surface area contributed by atoms with Crippen molar-refractivity contribution < 1.29 is 32.8 Å². The molecule has 2 amide bonds.